The Morgan fingerprint density at radius 2 is 2.00 bits per heavy atom. The number of nitrogens with zero attached hydrogens (tertiary/aromatic N) is 2. The van der Waals surface area contributed by atoms with Crippen LogP contribution in [0.2, 0.25) is 0 Å². The summed E-state index contributed by atoms with van der Waals surface area (Å²) in [5.74, 6) is 0. The molecule has 5 heteroatoms. The fourth-order valence-electron chi connectivity index (χ4n) is 1.90. The standard InChI is InChI=1S/C14H12BrN3S/c15-11-5-3-10(4-6-11)8-18-9-12(16)14(17-18)13-2-1-7-19-13/h1-7,9H,8,16H2. The Bertz CT molecular complexity index is 671. The van der Waals surface area contributed by atoms with Crippen LogP contribution in [0.25, 0.3) is 10.6 Å². The van der Waals surface area contributed by atoms with Crippen LogP contribution < -0.4 is 5.73 Å². The van der Waals surface area contributed by atoms with Crippen molar-refractivity contribution in [3.05, 3.63) is 58.0 Å². The van der Waals surface area contributed by atoms with E-state index in [1.165, 1.54) is 5.56 Å². The molecule has 0 aliphatic heterocycles. The summed E-state index contributed by atoms with van der Waals surface area (Å²) in [6.07, 6.45) is 1.89. The second kappa shape index (κ2) is 5.19. The largest absolute Gasteiger partial charge is 0.396 e. The average molecular weight is 334 g/mol. The minimum Gasteiger partial charge on any atom is -0.396 e. The van der Waals surface area contributed by atoms with Crippen molar-refractivity contribution in [2.24, 2.45) is 0 Å². The van der Waals surface area contributed by atoms with Gasteiger partial charge in [0.2, 0.25) is 0 Å². The molecule has 0 aliphatic rings. The summed E-state index contributed by atoms with van der Waals surface area (Å²) >= 11 is 5.08. The Morgan fingerprint density at radius 1 is 1.21 bits per heavy atom. The molecule has 1 aromatic carbocycles. The van der Waals surface area contributed by atoms with E-state index in [-0.39, 0.29) is 0 Å². The predicted molar refractivity (Wildman–Crippen MR) is 83.2 cm³/mol. The lowest BCUT2D eigenvalue weighted by molar-refractivity contribution is 0.690. The molecular weight excluding hydrogens is 322 g/mol. The van der Waals surface area contributed by atoms with E-state index in [1.54, 1.807) is 11.3 Å². The smallest absolute Gasteiger partial charge is 0.125 e. The topological polar surface area (TPSA) is 43.8 Å². The number of hydrogen-bond acceptors (Lipinski definition) is 3. The van der Waals surface area contributed by atoms with Gasteiger partial charge in [0.25, 0.3) is 0 Å². The molecule has 3 rings (SSSR count). The van der Waals surface area contributed by atoms with Crippen LogP contribution >= 0.6 is 27.3 Å². The highest BCUT2D eigenvalue weighted by molar-refractivity contribution is 9.10. The molecule has 0 radical (unpaired) electrons. The zero-order valence-corrected chi connectivity index (χ0v) is 12.5. The summed E-state index contributed by atoms with van der Waals surface area (Å²) in [6, 6.07) is 12.3. The zero-order chi connectivity index (χ0) is 13.2. The van der Waals surface area contributed by atoms with Gasteiger partial charge in [-0.25, -0.2) is 0 Å². The van der Waals surface area contributed by atoms with Gasteiger partial charge in [-0.15, -0.1) is 11.3 Å². The first-order valence-corrected chi connectivity index (χ1v) is 7.51. The summed E-state index contributed by atoms with van der Waals surface area (Å²) in [7, 11) is 0. The van der Waals surface area contributed by atoms with Gasteiger partial charge in [0, 0.05) is 10.7 Å². The highest BCUT2D eigenvalue weighted by Crippen LogP contribution is 2.28. The number of benzene rings is 1. The Morgan fingerprint density at radius 3 is 2.68 bits per heavy atom. The number of halogens is 1. The Labute approximate surface area is 123 Å². The van der Waals surface area contributed by atoms with Gasteiger partial charge in [-0.2, -0.15) is 5.10 Å². The summed E-state index contributed by atoms with van der Waals surface area (Å²) < 4.78 is 2.96. The third-order valence-corrected chi connectivity index (χ3v) is 4.21. The number of hydrogen-bond donors (Lipinski definition) is 1. The molecule has 96 valence electrons. The Hall–Kier alpha value is -1.59. The van der Waals surface area contributed by atoms with Gasteiger partial charge in [0.05, 0.1) is 17.1 Å². The average Bonchev–Trinajstić information content (AvgIpc) is 3.01. The maximum Gasteiger partial charge on any atom is 0.125 e. The fraction of sp³-hybridized carbons (Fsp3) is 0.0714. The number of nitrogen functional groups attached to an aromatic ring is 1. The molecule has 2 heterocycles. The predicted octanol–water partition coefficient (Wildman–Crippen LogP) is 4.00. The van der Waals surface area contributed by atoms with Crippen molar-refractivity contribution in [1.82, 2.24) is 9.78 Å². The van der Waals surface area contributed by atoms with Gasteiger partial charge in [-0.1, -0.05) is 34.1 Å². The summed E-state index contributed by atoms with van der Waals surface area (Å²) in [4.78, 5) is 1.10. The van der Waals surface area contributed by atoms with Crippen LogP contribution in [0.1, 0.15) is 5.56 Å². The van der Waals surface area contributed by atoms with E-state index in [4.69, 9.17) is 5.73 Å². The Balaban J connectivity index is 1.87. The van der Waals surface area contributed by atoms with Crippen LogP contribution in [-0.2, 0) is 6.54 Å². The van der Waals surface area contributed by atoms with E-state index in [0.29, 0.717) is 0 Å². The van der Waals surface area contributed by atoms with Crippen LogP contribution in [0, 0.1) is 0 Å². The second-order valence-electron chi connectivity index (χ2n) is 4.23. The minimum absolute atomic E-state index is 0.722. The fourth-order valence-corrected chi connectivity index (χ4v) is 2.89. The molecular formula is C14H12BrN3S. The first-order chi connectivity index (χ1) is 9.22. The molecule has 0 bridgehead atoms. The monoisotopic (exact) mass is 333 g/mol. The number of rotatable bonds is 3. The first-order valence-electron chi connectivity index (χ1n) is 5.83. The molecule has 2 aromatic heterocycles. The van der Waals surface area contributed by atoms with Crippen molar-refractivity contribution in [2.45, 2.75) is 6.54 Å². The van der Waals surface area contributed by atoms with Gasteiger partial charge >= 0.3 is 0 Å². The van der Waals surface area contributed by atoms with E-state index >= 15 is 0 Å². The lowest BCUT2D eigenvalue weighted by Crippen LogP contribution is -2.00. The summed E-state index contributed by atoms with van der Waals surface area (Å²) in [6.45, 7) is 0.725. The van der Waals surface area contributed by atoms with Crippen LogP contribution in [-0.4, -0.2) is 9.78 Å². The molecule has 2 N–H and O–H groups in total. The maximum absolute atomic E-state index is 6.03. The van der Waals surface area contributed by atoms with Crippen LogP contribution in [0.5, 0.6) is 0 Å². The molecule has 3 aromatic rings. The number of thiophene rings is 1. The van der Waals surface area contributed by atoms with Crippen molar-refractivity contribution in [3.63, 3.8) is 0 Å². The minimum atomic E-state index is 0.722. The lowest BCUT2D eigenvalue weighted by atomic mass is 10.2. The molecule has 0 atom stereocenters. The van der Waals surface area contributed by atoms with E-state index in [2.05, 4.69) is 33.2 Å². The Kier molecular flexibility index (Phi) is 3.40. The van der Waals surface area contributed by atoms with Crippen molar-refractivity contribution >= 4 is 33.0 Å². The lowest BCUT2D eigenvalue weighted by Gasteiger charge is -2.01. The molecule has 0 spiro atoms. The summed E-state index contributed by atoms with van der Waals surface area (Å²) in [5.41, 5.74) is 8.81. The van der Waals surface area contributed by atoms with E-state index in [9.17, 15) is 0 Å². The van der Waals surface area contributed by atoms with Crippen LogP contribution in [0.15, 0.2) is 52.4 Å². The van der Waals surface area contributed by atoms with Gasteiger partial charge < -0.3 is 5.73 Å². The molecule has 0 amide bonds. The molecule has 3 nitrogen and oxygen atoms in total. The molecule has 0 aliphatic carbocycles. The molecule has 0 saturated heterocycles. The zero-order valence-electron chi connectivity index (χ0n) is 10.1. The third-order valence-electron chi connectivity index (χ3n) is 2.80. The van der Waals surface area contributed by atoms with Crippen molar-refractivity contribution < 1.29 is 0 Å². The van der Waals surface area contributed by atoms with Crippen molar-refractivity contribution in [1.29, 1.82) is 0 Å². The quantitative estimate of drug-likeness (QED) is 0.787. The maximum atomic E-state index is 6.03. The van der Waals surface area contributed by atoms with E-state index in [1.807, 2.05) is 40.5 Å². The SMILES string of the molecule is Nc1cn(Cc2ccc(Br)cc2)nc1-c1cccs1. The summed E-state index contributed by atoms with van der Waals surface area (Å²) in [5, 5.41) is 6.59. The highest BCUT2D eigenvalue weighted by atomic mass is 79.9. The molecule has 0 fully saturated rings. The van der Waals surface area contributed by atoms with Crippen molar-refractivity contribution in [2.75, 3.05) is 5.73 Å². The number of aromatic nitrogens is 2. The third kappa shape index (κ3) is 2.72. The number of nitrogens with two attached hydrogens (primary N) is 1. The highest BCUT2D eigenvalue weighted by Gasteiger charge is 2.09. The van der Waals surface area contributed by atoms with Gasteiger partial charge in [-0.3, -0.25) is 4.68 Å². The van der Waals surface area contributed by atoms with Crippen molar-refractivity contribution in [3.8, 4) is 10.6 Å². The van der Waals surface area contributed by atoms with E-state index < -0.39 is 0 Å². The second-order valence-corrected chi connectivity index (χ2v) is 6.10. The van der Waals surface area contributed by atoms with Crippen LogP contribution in [0.4, 0.5) is 5.69 Å². The van der Waals surface area contributed by atoms with Crippen LogP contribution in [0.3, 0.4) is 0 Å². The van der Waals surface area contributed by atoms with Gasteiger partial charge in [0.1, 0.15) is 5.69 Å². The normalized spacial score (nSPS) is 10.8. The first kappa shape index (κ1) is 12.4. The van der Waals surface area contributed by atoms with Gasteiger partial charge in [-0.05, 0) is 29.1 Å². The molecule has 19 heavy (non-hydrogen) atoms. The van der Waals surface area contributed by atoms with E-state index in [0.717, 1.165) is 27.3 Å². The van der Waals surface area contributed by atoms with Gasteiger partial charge in [0.15, 0.2) is 0 Å². The molecule has 0 saturated carbocycles. The number of anilines is 1. The molecule has 0 unspecified atom stereocenters.